The Hall–Kier alpha value is -0.560. The summed E-state index contributed by atoms with van der Waals surface area (Å²) < 4.78 is 0. The van der Waals surface area contributed by atoms with Crippen molar-refractivity contribution in [3.05, 3.63) is 30.1 Å². The first kappa shape index (κ1) is 15.8. The molecule has 1 heterocycles. The molecule has 112 valence electrons. The van der Waals surface area contributed by atoms with Gasteiger partial charge in [0.1, 0.15) is 0 Å². The van der Waals surface area contributed by atoms with Crippen molar-refractivity contribution in [3.63, 3.8) is 0 Å². The Labute approximate surface area is 129 Å². The third-order valence-electron chi connectivity index (χ3n) is 5.16. The van der Waals surface area contributed by atoms with Crippen LogP contribution >= 0.6 is 11.6 Å². The maximum atomic E-state index is 6.79. The van der Waals surface area contributed by atoms with Crippen LogP contribution < -0.4 is 0 Å². The van der Waals surface area contributed by atoms with Crippen LogP contribution in [0.2, 0.25) is 0 Å². The summed E-state index contributed by atoms with van der Waals surface area (Å²) in [5.41, 5.74) is 1.77. The van der Waals surface area contributed by atoms with E-state index >= 15 is 0 Å². The molecule has 2 heteroatoms. The minimum Gasteiger partial charge on any atom is -0.265 e. The van der Waals surface area contributed by atoms with Gasteiger partial charge in [-0.15, -0.1) is 11.6 Å². The predicted molar refractivity (Wildman–Crippen MR) is 87.2 cm³/mol. The molecule has 1 aromatic rings. The summed E-state index contributed by atoms with van der Waals surface area (Å²) in [6.45, 7) is 9.37. The number of rotatable bonds is 3. The highest BCUT2D eigenvalue weighted by molar-refractivity contribution is 6.21. The first-order valence-corrected chi connectivity index (χ1v) is 8.37. The van der Waals surface area contributed by atoms with Gasteiger partial charge in [-0.05, 0) is 66.5 Å². The zero-order valence-electron chi connectivity index (χ0n) is 13.3. The number of pyridine rings is 1. The summed E-state index contributed by atoms with van der Waals surface area (Å²) in [5.74, 6) is 1.94. The molecular weight excluding hydrogens is 266 g/mol. The summed E-state index contributed by atoms with van der Waals surface area (Å²) in [6.07, 6.45) is 8.97. The van der Waals surface area contributed by atoms with Crippen LogP contribution in [0.15, 0.2) is 24.5 Å². The molecule has 20 heavy (non-hydrogen) atoms. The largest absolute Gasteiger partial charge is 0.265 e. The van der Waals surface area contributed by atoms with Crippen molar-refractivity contribution < 1.29 is 0 Å². The fourth-order valence-electron chi connectivity index (χ4n) is 3.56. The lowest BCUT2D eigenvalue weighted by molar-refractivity contribution is 0.145. The van der Waals surface area contributed by atoms with Crippen LogP contribution in [0.25, 0.3) is 0 Å². The minimum absolute atomic E-state index is 0.248. The van der Waals surface area contributed by atoms with Gasteiger partial charge in [-0.25, -0.2) is 0 Å². The van der Waals surface area contributed by atoms with E-state index in [2.05, 4.69) is 44.8 Å². The van der Waals surface area contributed by atoms with Gasteiger partial charge in [-0.2, -0.15) is 0 Å². The zero-order chi connectivity index (χ0) is 14.8. The third kappa shape index (κ3) is 3.75. The van der Waals surface area contributed by atoms with E-state index in [1.807, 2.05) is 12.4 Å². The van der Waals surface area contributed by atoms with Crippen LogP contribution in [0, 0.1) is 17.3 Å². The second kappa shape index (κ2) is 6.47. The Morgan fingerprint density at radius 2 is 1.65 bits per heavy atom. The van der Waals surface area contributed by atoms with E-state index in [0.717, 1.165) is 5.92 Å². The van der Waals surface area contributed by atoms with E-state index in [4.69, 9.17) is 11.6 Å². The quantitative estimate of drug-likeness (QED) is 0.657. The van der Waals surface area contributed by atoms with Gasteiger partial charge >= 0.3 is 0 Å². The summed E-state index contributed by atoms with van der Waals surface area (Å²) in [6, 6.07) is 4.20. The lowest BCUT2D eigenvalue weighted by atomic mass is 9.68. The molecule has 0 bridgehead atoms. The molecule has 0 amide bonds. The number of nitrogens with zero attached hydrogens (tertiary/aromatic N) is 1. The van der Waals surface area contributed by atoms with Crippen molar-refractivity contribution in [1.82, 2.24) is 4.98 Å². The van der Waals surface area contributed by atoms with Gasteiger partial charge in [-0.1, -0.05) is 27.7 Å². The first-order chi connectivity index (χ1) is 9.39. The molecule has 1 aliphatic rings. The van der Waals surface area contributed by atoms with Crippen LogP contribution in [0.1, 0.15) is 64.9 Å². The second-order valence-corrected chi connectivity index (χ2v) is 8.00. The lowest BCUT2D eigenvalue weighted by Gasteiger charge is -2.39. The van der Waals surface area contributed by atoms with Crippen LogP contribution in [-0.2, 0) is 0 Å². The molecule has 1 saturated carbocycles. The van der Waals surface area contributed by atoms with Crippen LogP contribution in [0.3, 0.4) is 0 Å². The van der Waals surface area contributed by atoms with Crippen molar-refractivity contribution in [1.29, 1.82) is 0 Å². The smallest absolute Gasteiger partial charge is 0.0430 e. The summed E-state index contributed by atoms with van der Waals surface area (Å²) in [5, 5.41) is 0.248. The van der Waals surface area contributed by atoms with E-state index in [9.17, 15) is 0 Å². The van der Waals surface area contributed by atoms with Crippen LogP contribution in [0.5, 0.6) is 0 Å². The van der Waals surface area contributed by atoms with Crippen molar-refractivity contribution in [3.8, 4) is 0 Å². The summed E-state index contributed by atoms with van der Waals surface area (Å²) in [4.78, 5) is 4.09. The number of hydrogen-bond donors (Lipinski definition) is 0. The van der Waals surface area contributed by atoms with Crippen molar-refractivity contribution >= 4 is 11.6 Å². The molecule has 0 saturated heterocycles. The van der Waals surface area contributed by atoms with Crippen molar-refractivity contribution in [2.24, 2.45) is 17.3 Å². The summed E-state index contributed by atoms with van der Waals surface area (Å²) in [7, 11) is 0. The number of aromatic nitrogens is 1. The van der Waals surface area contributed by atoms with E-state index in [1.165, 1.54) is 31.2 Å². The molecule has 2 unspecified atom stereocenters. The van der Waals surface area contributed by atoms with Crippen molar-refractivity contribution in [2.75, 3.05) is 0 Å². The van der Waals surface area contributed by atoms with Crippen molar-refractivity contribution in [2.45, 2.75) is 64.7 Å². The average Bonchev–Trinajstić information content (AvgIpc) is 2.46. The molecule has 1 aliphatic carbocycles. The summed E-state index contributed by atoms with van der Waals surface area (Å²) >= 11 is 6.79. The lowest BCUT2D eigenvalue weighted by Crippen LogP contribution is -2.30. The molecule has 2 atom stereocenters. The first-order valence-electron chi connectivity index (χ1n) is 7.93. The van der Waals surface area contributed by atoms with E-state index in [-0.39, 0.29) is 5.38 Å². The Morgan fingerprint density at radius 1 is 1.10 bits per heavy atom. The second-order valence-electron chi connectivity index (χ2n) is 7.49. The maximum Gasteiger partial charge on any atom is 0.0430 e. The van der Waals surface area contributed by atoms with E-state index in [1.54, 1.807) is 0 Å². The predicted octanol–water partition coefficient (Wildman–Crippen LogP) is 5.65. The molecule has 1 aromatic heterocycles. The Morgan fingerprint density at radius 3 is 2.15 bits per heavy atom. The van der Waals surface area contributed by atoms with Gasteiger partial charge in [0.15, 0.2) is 0 Å². The SMILES string of the molecule is CC(c1ccncc1)C(Cl)C1CCC(C(C)(C)C)CC1. The Bertz CT molecular complexity index is 401. The van der Waals surface area contributed by atoms with E-state index < -0.39 is 0 Å². The van der Waals surface area contributed by atoms with Gasteiger partial charge in [0.25, 0.3) is 0 Å². The molecule has 0 N–H and O–H groups in total. The fourth-order valence-corrected chi connectivity index (χ4v) is 3.96. The van der Waals surface area contributed by atoms with Gasteiger partial charge < -0.3 is 0 Å². The molecule has 2 rings (SSSR count). The highest BCUT2D eigenvalue weighted by Gasteiger charge is 2.34. The van der Waals surface area contributed by atoms with Gasteiger partial charge in [0, 0.05) is 17.8 Å². The highest BCUT2D eigenvalue weighted by Crippen LogP contribution is 2.43. The van der Waals surface area contributed by atoms with Gasteiger partial charge in [0.05, 0.1) is 0 Å². The molecule has 0 aromatic carbocycles. The zero-order valence-corrected chi connectivity index (χ0v) is 14.0. The maximum absolute atomic E-state index is 6.79. The molecule has 0 spiro atoms. The monoisotopic (exact) mass is 293 g/mol. The molecular formula is C18H28ClN. The highest BCUT2D eigenvalue weighted by atomic mass is 35.5. The molecule has 1 nitrogen and oxygen atoms in total. The third-order valence-corrected chi connectivity index (χ3v) is 5.89. The minimum atomic E-state index is 0.248. The molecule has 0 aliphatic heterocycles. The molecule has 0 radical (unpaired) electrons. The average molecular weight is 294 g/mol. The van der Waals surface area contributed by atoms with Gasteiger partial charge in [0.2, 0.25) is 0 Å². The Kier molecular flexibility index (Phi) is 5.12. The normalized spacial score (nSPS) is 27.1. The Balaban J connectivity index is 1.93. The standard InChI is InChI=1S/C18H28ClN/c1-13(14-9-11-20-12-10-14)17(19)15-5-7-16(8-6-15)18(2,3)4/h9-13,15-17H,5-8H2,1-4H3. The number of halogens is 1. The number of alkyl halides is 1. The number of hydrogen-bond acceptors (Lipinski definition) is 1. The van der Waals surface area contributed by atoms with Gasteiger partial charge in [-0.3, -0.25) is 4.98 Å². The molecule has 1 fully saturated rings. The van der Waals surface area contributed by atoms with Crippen LogP contribution in [-0.4, -0.2) is 10.4 Å². The van der Waals surface area contributed by atoms with Crippen LogP contribution in [0.4, 0.5) is 0 Å². The van der Waals surface area contributed by atoms with E-state index in [0.29, 0.717) is 17.3 Å². The fraction of sp³-hybridized carbons (Fsp3) is 0.722. The topological polar surface area (TPSA) is 12.9 Å².